The van der Waals surface area contributed by atoms with Crippen LogP contribution in [0.15, 0.2) is 30.8 Å². The van der Waals surface area contributed by atoms with E-state index in [2.05, 4.69) is 49.4 Å². The molecule has 0 fully saturated rings. The summed E-state index contributed by atoms with van der Waals surface area (Å²) >= 11 is 0. The van der Waals surface area contributed by atoms with E-state index in [4.69, 9.17) is 0 Å². The second-order valence-electron chi connectivity index (χ2n) is 3.28. The first kappa shape index (κ1) is 8.11. The Morgan fingerprint density at radius 1 is 1.31 bits per heavy atom. The van der Waals surface area contributed by atoms with E-state index in [9.17, 15) is 0 Å². The first-order valence-corrected chi connectivity index (χ1v) is 4.42. The maximum atomic E-state index is 3.84. The van der Waals surface area contributed by atoms with Gasteiger partial charge in [-0.25, -0.2) is 0 Å². The Morgan fingerprint density at radius 3 is 2.69 bits per heavy atom. The highest BCUT2D eigenvalue weighted by molar-refractivity contribution is 5.90. The quantitative estimate of drug-likeness (QED) is 0.621. The summed E-state index contributed by atoms with van der Waals surface area (Å²) in [6.45, 7) is 5.96. The van der Waals surface area contributed by atoms with Crippen LogP contribution in [0.3, 0.4) is 0 Å². The van der Waals surface area contributed by atoms with Gasteiger partial charge in [-0.15, -0.1) is 0 Å². The third-order valence-electron chi connectivity index (χ3n) is 2.65. The van der Waals surface area contributed by atoms with Gasteiger partial charge in [-0.2, -0.15) is 0 Å². The number of aryl methyl sites for hydroxylation is 1. The Morgan fingerprint density at radius 2 is 2.00 bits per heavy atom. The van der Waals surface area contributed by atoms with Crippen LogP contribution >= 0.6 is 0 Å². The van der Waals surface area contributed by atoms with Crippen LogP contribution in [0.2, 0.25) is 0 Å². The van der Waals surface area contributed by atoms with Crippen molar-refractivity contribution in [1.29, 1.82) is 0 Å². The van der Waals surface area contributed by atoms with Crippen molar-refractivity contribution >= 4 is 17.0 Å². The molecule has 0 bridgehead atoms. The van der Waals surface area contributed by atoms with E-state index in [0.29, 0.717) is 0 Å². The van der Waals surface area contributed by atoms with Gasteiger partial charge < -0.3 is 4.57 Å². The maximum Gasteiger partial charge on any atom is 0.0486 e. The highest BCUT2D eigenvalue weighted by atomic mass is 14.9. The topological polar surface area (TPSA) is 4.93 Å². The molecule has 1 aromatic carbocycles. The fraction of sp³-hybridized carbons (Fsp3) is 0.167. The van der Waals surface area contributed by atoms with Gasteiger partial charge >= 0.3 is 0 Å². The summed E-state index contributed by atoms with van der Waals surface area (Å²) in [4.78, 5) is 0. The van der Waals surface area contributed by atoms with E-state index in [1.165, 1.54) is 22.2 Å². The van der Waals surface area contributed by atoms with Crippen molar-refractivity contribution in [2.45, 2.75) is 6.92 Å². The highest BCUT2D eigenvalue weighted by Crippen LogP contribution is 2.24. The molecular weight excluding hydrogens is 158 g/mol. The molecule has 13 heavy (non-hydrogen) atoms. The van der Waals surface area contributed by atoms with Gasteiger partial charge in [0.25, 0.3) is 0 Å². The van der Waals surface area contributed by atoms with Crippen LogP contribution in [0, 0.1) is 6.92 Å². The normalized spacial score (nSPS) is 10.6. The van der Waals surface area contributed by atoms with E-state index >= 15 is 0 Å². The minimum atomic E-state index is 1.25. The fourth-order valence-electron chi connectivity index (χ4n) is 1.81. The molecule has 1 aromatic heterocycles. The van der Waals surface area contributed by atoms with Crippen molar-refractivity contribution in [3.05, 3.63) is 42.1 Å². The van der Waals surface area contributed by atoms with Gasteiger partial charge in [0.15, 0.2) is 0 Å². The summed E-state index contributed by atoms with van der Waals surface area (Å²) < 4.78 is 2.20. The van der Waals surface area contributed by atoms with Crippen LogP contribution in [0.1, 0.15) is 11.3 Å². The molecule has 0 aliphatic rings. The van der Waals surface area contributed by atoms with Gasteiger partial charge in [-0.05, 0) is 13.0 Å². The summed E-state index contributed by atoms with van der Waals surface area (Å²) in [6, 6.07) is 8.40. The molecule has 66 valence electrons. The molecule has 1 nitrogen and oxygen atoms in total. The van der Waals surface area contributed by atoms with Crippen molar-refractivity contribution in [1.82, 2.24) is 4.57 Å². The smallest absolute Gasteiger partial charge is 0.0486 e. The van der Waals surface area contributed by atoms with Gasteiger partial charge in [0.2, 0.25) is 0 Å². The molecule has 0 unspecified atom stereocenters. The molecule has 1 heterocycles. The Labute approximate surface area is 78.3 Å². The van der Waals surface area contributed by atoms with Crippen LogP contribution in [0.25, 0.3) is 17.0 Å². The van der Waals surface area contributed by atoms with E-state index in [-0.39, 0.29) is 0 Å². The zero-order valence-electron chi connectivity index (χ0n) is 8.04. The number of aromatic nitrogens is 1. The van der Waals surface area contributed by atoms with Crippen LogP contribution in [-0.4, -0.2) is 4.57 Å². The highest BCUT2D eigenvalue weighted by Gasteiger charge is 2.07. The summed E-state index contributed by atoms with van der Waals surface area (Å²) in [6.07, 6.45) is 1.93. The summed E-state index contributed by atoms with van der Waals surface area (Å²) in [5.41, 5.74) is 3.80. The van der Waals surface area contributed by atoms with Crippen molar-refractivity contribution in [2.24, 2.45) is 7.05 Å². The van der Waals surface area contributed by atoms with Crippen LogP contribution in [0.5, 0.6) is 0 Å². The third-order valence-corrected chi connectivity index (χ3v) is 2.65. The number of para-hydroxylation sites is 1. The number of hydrogen-bond acceptors (Lipinski definition) is 0. The van der Waals surface area contributed by atoms with Crippen molar-refractivity contribution < 1.29 is 0 Å². The number of fused-ring (bicyclic) bond motifs is 1. The Balaban J connectivity index is 2.98. The molecule has 0 saturated heterocycles. The Kier molecular flexibility index (Phi) is 1.73. The van der Waals surface area contributed by atoms with Gasteiger partial charge in [0, 0.05) is 29.2 Å². The van der Waals surface area contributed by atoms with E-state index in [0.717, 1.165) is 0 Å². The lowest BCUT2D eigenvalue weighted by Gasteiger charge is -1.96. The zero-order chi connectivity index (χ0) is 9.42. The average Bonchev–Trinajstić information content (AvgIpc) is 2.41. The van der Waals surface area contributed by atoms with Crippen molar-refractivity contribution in [3.8, 4) is 0 Å². The van der Waals surface area contributed by atoms with Crippen LogP contribution in [-0.2, 0) is 7.05 Å². The Bertz CT molecular complexity index is 463. The lowest BCUT2D eigenvalue weighted by atomic mass is 10.1. The number of benzene rings is 1. The molecule has 0 aliphatic heterocycles. The molecule has 0 amide bonds. The molecule has 0 saturated carbocycles. The molecule has 2 aromatic rings. The fourth-order valence-corrected chi connectivity index (χ4v) is 1.81. The standard InChI is InChI=1S/C12H13N/c1-4-10-9(2)13(3)12-8-6-5-7-11(10)12/h4-8H,1H2,2-3H3. The molecule has 0 N–H and O–H groups in total. The average molecular weight is 171 g/mol. The summed E-state index contributed by atoms with van der Waals surface area (Å²) in [5, 5.41) is 1.29. The maximum absolute atomic E-state index is 3.84. The van der Waals surface area contributed by atoms with Crippen LogP contribution in [0.4, 0.5) is 0 Å². The minimum Gasteiger partial charge on any atom is -0.347 e. The zero-order valence-corrected chi connectivity index (χ0v) is 8.04. The lowest BCUT2D eigenvalue weighted by Crippen LogP contribution is -1.89. The van der Waals surface area contributed by atoms with E-state index in [1.54, 1.807) is 0 Å². The molecule has 1 heteroatoms. The first-order chi connectivity index (χ1) is 6.25. The van der Waals surface area contributed by atoms with E-state index in [1.807, 2.05) is 6.08 Å². The van der Waals surface area contributed by atoms with Gasteiger partial charge in [0.05, 0.1) is 0 Å². The van der Waals surface area contributed by atoms with Gasteiger partial charge in [-0.1, -0.05) is 30.9 Å². The number of rotatable bonds is 1. The summed E-state index contributed by atoms with van der Waals surface area (Å²) in [7, 11) is 2.09. The second kappa shape index (κ2) is 2.77. The predicted octanol–water partition coefficient (Wildman–Crippen LogP) is 3.13. The van der Waals surface area contributed by atoms with Gasteiger partial charge in [-0.3, -0.25) is 0 Å². The number of hydrogen-bond donors (Lipinski definition) is 0. The monoisotopic (exact) mass is 171 g/mol. The lowest BCUT2D eigenvalue weighted by molar-refractivity contribution is 0.916. The molecule has 0 aliphatic carbocycles. The van der Waals surface area contributed by atoms with Crippen molar-refractivity contribution in [2.75, 3.05) is 0 Å². The third kappa shape index (κ3) is 1.00. The molecular formula is C12H13N. The summed E-state index contributed by atoms with van der Waals surface area (Å²) in [5.74, 6) is 0. The van der Waals surface area contributed by atoms with E-state index < -0.39 is 0 Å². The van der Waals surface area contributed by atoms with Crippen molar-refractivity contribution in [3.63, 3.8) is 0 Å². The van der Waals surface area contributed by atoms with Crippen LogP contribution < -0.4 is 0 Å². The molecule has 2 rings (SSSR count). The molecule has 0 atom stereocenters. The first-order valence-electron chi connectivity index (χ1n) is 4.42. The molecule has 0 spiro atoms. The Hall–Kier alpha value is -1.50. The molecule has 0 radical (unpaired) electrons. The van der Waals surface area contributed by atoms with Gasteiger partial charge in [0.1, 0.15) is 0 Å². The minimum absolute atomic E-state index is 1.25. The predicted molar refractivity (Wildman–Crippen MR) is 57.7 cm³/mol. The second-order valence-corrected chi connectivity index (χ2v) is 3.28. The number of nitrogens with zero attached hydrogens (tertiary/aromatic N) is 1. The largest absolute Gasteiger partial charge is 0.347 e. The SMILES string of the molecule is C=Cc1c(C)n(C)c2ccccc12.